The third-order valence-corrected chi connectivity index (χ3v) is 8.42. The van der Waals surface area contributed by atoms with Crippen LogP contribution in [0.2, 0.25) is 0 Å². The first-order valence-corrected chi connectivity index (χ1v) is 16.3. The van der Waals surface area contributed by atoms with Gasteiger partial charge in [-0.15, -0.1) is 0 Å². The van der Waals surface area contributed by atoms with Gasteiger partial charge >= 0.3 is 6.18 Å². The van der Waals surface area contributed by atoms with Gasteiger partial charge < -0.3 is 20.3 Å². The van der Waals surface area contributed by atoms with Gasteiger partial charge in [0.15, 0.2) is 17.3 Å². The molecule has 15 heteroatoms. The Morgan fingerprint density at radius 3 is 2.41 bits per heavy atom. The molecule has 0 unspecified atom stereocenters. The Morgan fingerprint density at radius 2 is 1.71 bits per heavy atom. The topological polar surface area (TPSA) is 100 Å². The second-order valence-corrected chi connectivity index (χ2v) is 12.3. The molecule has 51 heavy (non-hydrogen) atoms. The van der Waals surface area contributed by atoms with E-state index >= 15 is 4.39 Å². The zero-order chi connectivity index (χ0) is 36.1. The Labute approximate surface area is 290 Å². The normalized spacial score (nSPS) is 14.1. The van der Waals surface area contributed by atoms with E-state index in [1.807, 2.05) is 18.2 Å². The molecule has 1 saturated heterocycles. The van der Waals surface area contributed by atoms with Gasteiger partial charge in [-0.25, -0.2) is 18.4 Å². The number of hydrogen-bond donors (Lipinski definition) is 2. The summed E-state index contributed by atoms with van der Waals surface area (Å²) >= 11 is 0. The molecule has 0 aliphatic carbocycles. The van der Waals surface area contributed by atoms with Crippen LogP contribution >= 0.6 is 0 Å². The highest BCUT2D eigenvalue weighted by molar-refractivity contribution is 6.05. The Morgan fingerprint density at radius 1 is 0.941 bits per heavy atom. The van der Waals surface area contributed by atoms with Crippen molar-refractivity contribution in [3.8, 4) is 17.3 Å². The summed E-state index contributed by atoms with van der Waals surface area (Å²) in [7, 11) is 0. The molecular weight excluding hydrogens is 671 g/mol. The number of carbonyl (C=O) groups excluding carboxylic acids is 1. The van der Waals surface area contributed by atoms with Crippen LogP contribution < -0.4 is 15.4 Å². The number of ether oxygens (including phenoxy) is 1. The lowest BCUT2D eigenvalue weighted by Gasteiger charge is -2.36. The van der Waals surface area contributed by atoms with Crippen LogP contribution in [0, 0.1) is 11.6 Å². The van der Waals surface area contributed by atoms with Gasteiger partial charge in [0, 0.05) is 68.5 Å². The number of rotatable bonds is 11. The van der Waals surface area contributed by atoms with Crippen LogP contribution in [0.3, 0.4) is 0 Å². The van der Waals surface area contributed by atoms with E-state index in [1.165, 1.54) is 24.4 Å². The van der Waals surface area contributed by atoms with Gasteiger partial charge in [0.25, 0.3) is 5.91 Å². The number of nitrogens with one attached hydrogen (secondary N) is 2. The lowest BCUT2D eigenvalue weighted by atomic mass is 10.1. The van der Waals surface area contributed by atoms with E-state index in [4.69, 9.17) is 4.74 Å². The highest BCUT2D eigenvalue weighted by atomic mass is 19.4. The molecule has 1 aliphatic rings. The van der Waals surface area contributed by atoms with Gasteiger partial charge in [-0.3, -0.25) is 9.69 Å². The molecular formula is C36H35F5N8O2. The highest BCUT2D eigenvalue weighted by Crippen LogP contribution is 2.34. The first kappa shape index (κ1) is 35.4. The van der Waals surface area contributed by atoms with Gasteiger partial charge in [0.1, 0.15) is 5.82 Å². The molecule has 0 saturated carbocycles. The maximum absolute atomic E-state index is 15.1. The second-order valence-electron chi connectivity index (χ2n) is 12.3. The molecule has 10 nitrogen and oxygen atoms in total. The molecule has 5 aromatic rings. The molecule has 266 valence electrons. The monoisotopic (exact) mass is 706 g/mol. The van der Waals surface area contributed by atoms with Crippen molar-refractivity contribution in [1.29, 1.82) is 0 Å². The summed E-state index contributed by atoms with van der Waals surface area (Å²) in [5, 5.41) is 9.11. The molecule has 6 rings (SSSR count). The van der Waals surface area contributed by atoms with Crippen LogP contribution in [0.4, 0.5) is 39.3 Å². The molecule has 2 aromatic heterocycles. The number of piperazine rings is 1. The van der Waals surface area contributed by atoms with Crippen molar-refractivity contribution in [1.82, 2.24) is 29.5 Å². The van der Waals surface area contributed by atoms with E-state index in [1.54, 1.807) is 0 Å². The molecule has 0 radical (unpaired) electrons. The van der Waals surface area contributed by atoms with Crippen molar-refractivity contribution in [2.24, 2.45) is 0 Å². The van der Waals surface area contributed by atoms with E-state index in [-0.39, 0.29) is 29.0 Å². The Kier molecular flexibility index (Phi) is 10.6. The quantitative estimate of drug-likeness (QED) is 0.138. The summed E-state index contributed by atoms with van der Waals surface area (Å²) in [5.74, 6) is -2.72. The number of anilines is 3. The first-order valence-electron chi connectivity index (χ1n) is 16.3. The third-order valence-electron chi connectivity index (χ3n) is 8.42. The number of alkyl halides is 3. The predicted octanol–water partition coefficient (Wildman–Crippen LogP) is 7.32. The number of hydrogen-bond acceptors (Lipinski definition) is 8. The largest absolute Gasteiger partial charge is 0.436 e. The van der Waals surface area contributed by atoms with Crippen molar-refractivity contribution in [3.63, 3.8) is 0 Å². The summed E-state index contributed by atoms with van der Waals surface area (Å²) in [5.41, 5.74) is -0.479. The predicted molar refractivity (Wildman–Crippen MR) is 182 cm³/mol. The van der Waals surface area contributed by atoms with Crippen LogP contribution in [0.25, 0.3) is 5.69 Å². The molecule has 2 N–H and O–H groups in total. The van der Waals surface area contributed by atoms with Gasteiger partial charge in [-0.05, 0) is 74.4 Å². The van der Waals surface area contributed by atoms with Gasteiger partial charge in [0.05, 0.1) is 17.4 Å². The molecule has 1 amide bonds. The van der Waals surface area contributed by atoms with Crippen LogP contribution in [0.5, 0.6) is 11.6 Å². The van der Waals surface area contributed by atoms with Crippen LogP contribution in [-0.2, 0) is 12.6 Å². The van der Waals surface area contributed by atoms with E-state index in [0.717, 1.165) is 86.9 Å². The van der Waals surface area contributed by atoms with Gasteiger partial charge in [-0.2, -0.15) is 23.3 Å². The Balaban J connectivity index is 1.08. The number of halogens is 5. The molecule has 0 spiro atoms. The third kappa shape index (κ3) is 8.85. The van der Waals surface area contributed by atoms with E-state index in [0.29, 0.717) is 10.7 Å². The van der Waals surface area contributed by atoms with Gasteiger partial charge in [-0.1, -0.05) is 12.1 Å². The maximum Gasteiger partial charge on any atom is 0.434 e. The van der Waals surface area contributed by atoms with Crippen LogP contribution in [-0.4, -0.2) is 74.2 Å². The average molecular weight is 707 g/mol. The lowest BCUT2D eigenvalue weighted by molar-refractivity contribution is -0.143. The fourth-order valence-corrected chi connectivity index (χ4v) is 5.72. The molecule has 0 bridgehead atoms. The van der Waals surface area contributed by atoms with E-state index in [2.05, 4.69) is 55.4 Å². The van der Waals surface area contributed by atoms with Crippen molar-refractivity contribution in [2.45, 2.75) is 32.5 Å². The van der Waals surface area contributed by atoms with Crippen molar-refractivity contribution in [3.05, 3.63) is 114 Å². The Bertz CT molecular complexity index is 1980. The number of aromatic nitrogens is 4. The summed E-state index contributed by atoms with van der Waals surface area (Å²) in [6, 6.07) is 17.4. The van der Waals surface area contributed by atoms with E-state index in [9.17, 15) is 22.4 Å². The number of amides is 1. The van der Waals surface area contributed by atoms with Crippen molar-refractivity contribution in [2.75, 3.05) is 43.4 Å². The lowest BCUT2D eigenvalue weighted by Crippen LogP contribution is -2.49. The fraction of sp³-hybridized carbons (Fsp3) is 0.278. The van der Waals surface area contributed by atoms with E-state index < -0.39 is 35.0 Å². The smallest absolute Gasteiger partial charge is 0.434 e. The summed E-state index contributed by atoms with van der Waals surface area (Å²) in [6.07, 6.45) is -1.91. The highest BCUT2D eigenvalue weighted by Gasteiger charge is 2.40. The number of carbonyl (C=O) groups is 1. The minimum Gasteiger partial charge on any atom is -0.436 e. The SMILES string of the molecule is CC(C)N1CCN(CCc2cccc(Nc3nccc(Oc4ccc(NC(=O)c5cnn(-c6ccc(F)cc6)c5C(F)(F)F)cc4F)n3)c2)CC1. The van der Waals surface area contributed by atoms with Crippen molar-refractivity contribution < 1.29 is 31.5 Å². The minimum atomic E-state index is -4.99. The maximum atomic E-state index is 15.1. The summed E-state index contributed by atoms with van der Waals surface area (Å²) in [6.45, 7) is 9.63. The molecule has 3 aromatic carbocycles. The summed E-state index contributed by atoms with van der Waals surface area (Å²) in [4.78, 5) is 26.4. The Hall–Kier alpha value is -5.41. The van der Waals surface area contributed by atoms with Crippen molar-refractivity contribution >= 4 is 23.2 Å². The number of nitrogens with zero attached hydrogens (tertiary/aromatic N) is 6. The van der Waals surface area contributed by atoms with Gasteiger partial charge in [0.2, 0.25) is 11.8 Å². The molecule has 1 fully saturated rings. The number of benzene rings is 3. The summed E-state index contributed by atoms with van der Waals surface area (Å²) < 4.78 is 76.6. The standard InChI is InChI=1S/C36H35F5N8O2/c1-23(2)48-18-16-47(17-19-48)15-13-24-4-3-5-26(20-24)45-35-42-14-12-32(46-35)51-31-11-8-27(21-30(31)38)44-34(50)29-22-43-49(33(29)36(39,40)41)28-9-6-25(37)7-10-28/h3-12,14,20-23H,13,15-19H2,1-2H3,(H,44,50)(H,42,45,46). The molecule has 0 atom stereocenters. The minimum absolute atomic E-state index is 0.0305. The zero-order valence-electron chi connectivity index (χ0n) is 27.8. The zero-order valence-corrected chi connectivity index (χ0v) is 27.8. The first-order chi connectivity index (χ1) is 24.4. The van der Waals surface area contributed by atoms with Crippen LogP contribution in [0.1, 0.15) is 35.5 Å². The molecule has 3 heterocycles. The van der Waals surface area contributed by atoms with Crippen LogP contribution in [0.15, 0.2) is 85.2 Å². The average Bonchev–Trinajstić information content (AvgIpc) is 3.56. The fourth-order valence-electron chi connectivity index (χ4n) is 5.72. The second kappa shape index (κ2) is 15.2. The molecule has 1 aliphatic heterocycles.